The zero-order valence-corrected chi connectivity index (χ0v) is 19.1. The predicted octanol–water partition coefficient (Wildman–Crippen LogP) is 1.19. The third kappa shape index (κ3) is 5.19. The summed E-state index contributed by atoms with van der Waals surface area (Å²) in [6.45, 7) is 6.76. The topological polar surface area (TPSA) is 104 Å². The first-order chi connectivity index (χ1) is 13.6. The molecule has 2 fully saturated rings. The molecule has 166 valence electrons. The minimum Gasteiger partial charge on any atom is -0.360 e. The standard InChI is InChI=1S/C18H32N4O5S2/c1-15-18(16(2)27-19-15)29(25,26)21-11-7-8-17(14-21)22(28(3,23)24)13-12-20-9-5-4-6-10-20/h17H,4-14H2,1-3H3. The van der Waals surface area contributed by atoms with Gasteiger partial charge in [0.05, 0.1) is 6.26 Å². The molecule has 1 atom stereocenters. The predicted molar refractivity (Wildman–Crippen MR) is 110 cm³/mol. The van der Waals surface area contributed by atoms with E-state index in [9.17, 15) is 16.8 Å². The molecular weight excluding hydrogens is 416 g/mol. The molecular formula is C18H32N4O5S2. The van der Waals surface area contributed by atoms with Crippen LogP contribution in [0.2, 0.25) is 0 Å². The summed E-state index contributed by atoms with van der Waals surface area (Å²) >= 11 is 0. The first kappa shape index (κ1) is 22.7. The molecule has 2 aliphatic rings. The Balaban J connectivity index is 1.75. The number of aromatic nitrogens is 1. The molecule has 0 saturated carbocycles. The summed E-state index contributed by atoms with van der Waals surface area (Å²) < 4.78 is 59.3. The van der Waals surface area contributed by atoms with E-state index < -0.39 is 20.0 Å². The van der Waals surface area contributed by atoms with E-state index in [4.69, 9.17) is 4.52 Å². The van der Waals surface area contributed by atoms with Crippen LogP contribution in [0, 0.1) is 13.8 Å². The van der Waals surface area contributed by atoms with Crippen molar-refractivity contribution in [3.8, 4) is 0 Å². The molecule has 0 aromatic carbocycles. The normalized spacial score (nSPS) is 23.0. The van der Waals surface area contributed by atoms with Crippen LogP contribution in [0.4, 0.5) is 0 Å². The molecule has 0 radical (unpaired) electrons. The highest BCUT2D eigenvalue weighted by molar-refractivity contribution is 7.89. The van der Waals surface area contributed by atoms with Crippen molar-refractivity contribution >= 4 is 20.0 Å². The average molecular weight is 449 g/mol. The molecule has 0 aliphatic carbocycles. The van der Waals surface area contributed by atoms with Crippen LogP contribution in [0.5, 0.6) is 0 Å². The van der Waals surface area contributed by atoms with Gasteiger partial charge in [0.25, 0.3) is 0 Å². The van der Waals surface area contributed by atoms with Gasteiger partial charge in [0.1, 0.15) is 10.6 Å². The molecule has 0 spiro atoms. The van der Waals surface area contributed by atoms with E-state index in [2.05, 4.69) is 10.1 Å². The Morgan fingerprint density at radius 2 is 1.76 bits per heavy atom. The van der Waals surface area contributed by atoms with Crippen LogP contribution in [0.15, 0.2) is 9.42 Å². The van der Waals surface area contributed by atoms with Gasteiger partial charge in [0.15, 0.2) is 5.76 Å². The smallest absolute Gasteiger partial charge is 0.248 e. The molecule has 0 amide bonds. The molecule has 1 aromatic rings. The molecule has 9 nitrogen and oxygen atoms in total. The highest BCUT2D eigenvalue weighted by Gasteiger charge is 2.38. The van der Waals surface area contributed by atoms with Gasteiger partial charge < -0.3 is 9.42 Å². The second-order valence-corrected chi connectivity index (χ2v) is 11.9. The van der Waals surface area contributed by atoms with Gasteiger partial charge in [-0.25, -0.2) is 16.8 Å². The van der Waals surface area contributed by atoms with Gasteiger partial charge in [-0.15, -0.1) is 0 Å². The third-order valence-electron chi connectivity index (χ3n) is 5.84. The number of hydrogen-bond acceptors (Lipinski definition) is 7. The Kier molecular flexibility index (Phi) is 7.04. The van der Waals surface area contributed by atoms with Crippen molar-refractivity contribution in [2.45, 2.75) is 56.9 Å². The number of rotatable bonds is 7. The van der Waals surface area contributed by atoms with Gasteiger partial charge >= 0.3 is 0 Å². The molecule has 29 heavy (non-hydrogen) atoms. The van der Waals surface area contributed by atoms with Crippen molar-refractivity contribution in [1.29, 1.82) is 0 Å². The summed E-state index contributed by atoms with van der Waals surface area (Å²) in [6.07, 6.45) is 6.00. The van der Waals surface area contributed by atoms with E-state index >= 15 is 0 Å². The lowest BCUT2D eigenvalue weighted by Crippen LogP contribution is -2.53. The molecule has 3 rings (SSSR count). The minimum atomic E-state index is -3.78. The minimum absolute atomic E-state index is 0.0948. The fraction of sp³-hybridized carbons (Fsp3) is 0.833. The Morgan fingerprint density at radius 1 is 1.07 bits per heavy atom. The maximum Gasteiger partial charge on any atom is 0.248 e. The molecule has 3 heterocycles. The van der Waals surface area contributed by atoms with Gasteiger partial charge in [-0.2, -0.15) is 8.61 Å². The lowest BCUT2D eigenvalue weighted by molar-refractivity contribution is 0.172. The van der Waals surface area contributed by atoms with Crippen molar-refractivity contribution in [2.75, 3.05) is 45.5 Å². The molecule has 2 aliphatic heterocycles. The first-order valence-corrected chi connectivity index (χ1v) is 13.5. The van der Waals surface area contributed by atoms with Crippen molar-refractivity contribution < 1.29 is 21.4 Å². The molecule has 11 heteroatoms. The van der Waals surface area contributed by atoms with E-state index in [1.54, 1.807) is 13.8 Å². The largest absolute Gasteiger partial charge is 0.360 e. The van der Waals surface area contributed by atoms with E-state index in [1.807, 2.05) is 0 Å². The van der Waals surface area contributed by atoms with Crippen LogP contribution in [0.1, 0.15) is 43.6 Å². The first-order valence-electron chi connectivity index (χ1n) is 10.2. The molecule has 1 unspecified atom stereocenters. The van der Waals surface area contributed by atoms with Gasteiger partial charge in [0.2, 0.25) is 20.0 Å². The van der Waals surface area contributed by atoms with Crippen LogP contribution in [0.25, 0.3) is 0 Å². The van der Waals surface area contributed by atoms with Crippen molar-refractivity contribution in [3.05, 3.63) is 11.5 Å². The third-order valence-corrected chi connectivity index (χ3v) is 9.29. The monoisotopic (exact) mass is 448 g/mol. The second kappa shape index (κ2) is 9.01. The van der Waals surface area contributed by atoms with Gasteiger partial charge in [-0.1, -0.05) is 11.6 Å². The lowest BCUT2D eigenvalue weighted by Gasteiger charge is -2.38. The fourth-order valence-corrected chi connectivity index (χ4v) is 7.32. The highest BCUT2D eigenvalue weighted by atomic mass is 32.2. The highest BCUT2D eigenvalue weighted by Crippen LogP contribution is 2.28. The second-order valence-electron chi connectivity index (χ2n) is 8.09. The fourth-order valence-electron chi connectivity index (χ4n) is 4.39. The molecule has 1 aromatic heterocycles. The number of hydrogen-bond donors (Lipinski definition) is 0. The van der Waals surface area contributed by atoms with Crippen molar-refractivity contribution in [2.24, 2.45) is 0 Å². The number of piperidine rings is 2. The molecule has 2 saturated heterocycles. The summed E-state index contributed by atoms with van der Waals surface area (Å²) in [6, 6.07) is -0.362. The quantitative estimate of drug-likeness (QED) is 0.617. The summed E-state index contributed by atoms with van der Waals surface area (Å²) in [5, 5.41) is 3.76. The van der Waals surface area contributed by atoms with Crippen LogP contribution in [0.3, 0.4) is 0 Å². The van der Waals surface area contributed by atoms with Crippen molar-refractivity contribution in [3.63, 3.8) is 0 Å². The van der Waals surface area contributed by atoms with Crippen molar-refractivity contribution in [1.82, 2.24) is 18.7 Å². The average Bonchev–Trinajstić information content (AvgIpc) is 3.01. The van der Waals surface area contributed by atoms with Gasteiger partial charge in [-0.3, -0.25) is 0 Å². The van der Waals surface area contributed by atoms with Crippen LogP contribution >= 0.6 is 0 Å². The molecule has 0 bridgehead atoms. The Bertz CT molecular complexity index is 887. The maximum atomic E-state index is 13.2. The Labute approximate surface area is 174 Å². The summed E-state index contributed by atoms with van der Waals surface area (Å²) in [4.78, 5) is 2.39. The Hall–Kier alpha value is -1.01. The van der Waals surface area contributed by atoms with E-state index in [-0.39, 0.29) is 23.2 Å². The molecule has 0 N–H and O–H groups in total. The lowest BCUT2D eigenvalue weighted by atomic mass is 10.1. The maximum absolute atomic E-state index is 13.2. The van der Waals surface area contributed by atoms with E-state index in [1.165, 1.54) is 21.3 Å². The summed E-state index contributed by atoms with van der Waals surface area (Å²) in [7, 11) is -7.23. The van der Waals surface area contributed by atoms with Gasteiger partial charge in [0, 0.05) is 32.2 Å². The van der Waals surface area contributed by atoms with E-state index in [0.29, 0.717) is 38.2 Å². The number of sulfonamides is 2. The SMILES string of the molecule is Cc1noc(C)c1S(=O)(=O)N1CCCC(N(CCN2CCCCC2)S(C)(=O)=O)C1. The van der Waals surface area contributed by atoms with Crippen LogP contribution in [-0.4, -0.2) is 87.1 Å². The number of likely N-dealkylation sites (tertiary alicyclic amines) is 1. The Morgan fingerprint density at radius 3 is 2.34 bits per heavy atom. The zero-order valence-electron chi connectivity index (χ0n) is 17.5. The number of nitrogens with zero attached hydrogens (tertiary/aromatic N) is 4. The summed E-state index contributed by atoms with van der Waals surface area (Å²) in [5.74, 6) is 0.259. The number of aryl methyl sites for hydroxylation is 2. The summed E-state index contributed by atoms with van der Waals surface area (Å²) in [5.41, 5.74) is 0.328. The van der Waals surface area contributed by atoms with E-state index in [0.717, 1.165) is 25.9 Å². The van der Waals surface area contributed by atoms with Gasteiger partial charge in [-0.05, 0) is 52.6 Å². The van der Waals surface area contributed by atoms with Crippen LogP contribution < -0.4 is 0 Å². The van der Waals surface area contributed by atoms with Crippen LogP contribution in [-0.2, 0) is 20.0 Å². The zero-order chi connectivity index (χ0) is 21.2.